The highest BCUT2D eigenvalue weighted by atomic mass is 16.6. The number of carbonyl (C=O) groups is 1. The van der Waals surface area contributed by atoms with Gasteiger partial charge in [0.05, 0.1) is 11.2 Å². The number of likely N-dealkylation sites (tertiary alicyclic amines) is 1. The van der Waals surface area contributed by atoms with Crippen molar-refractivity contribution in [3.63, 3.8) is 0 Å². The number of ether oxygens (including phenoxy) is 3. The van der Waals surface area contributed by atoms with Gasteiger partial charge in [0, 0.05) is 30.1 Å². The highest BCUT2D eigenvalue weighted by Crippen LogP contribution is 2.40. The van der Waals surface area contributed by atoms with Crippen molar-refractivity contribution >= 4 is 22.9 Å². The quantitative estimate of drug-likeness (QED) is 0.557. The molecule has 1 aromatic heterocycles. The Morgan fingerprint density at radius 1 is 1.09 bits per heavy atom. The standard InChI is InChI=1S/C27H32N4O4/c1-17-21-16-18(20-6-5-7-23-24(20)34-15-14-33-23)8-9-22(21)30-25(28-17)29-19-10-12-31(13-11-19)26(32)35-27(2,3)4/h5-9,16,19H,10-15H2,1-4H3,(H,28,29,30). The Hall–Kier alpha value is -3.55. The van der Waals surface area contributed by atoms with E-state index in [0.717, 1.165) is 52.1 Å². The molecule has 2 aromatic carbocycles. The Kier molecular flexibility index (Phi) is 6.13. The second-order valence-electron chi connectivity index (χ2n) is 10.1. The van der Waals surface area contributed by atoms with Crippen LogP contribution in [0.2, 0.25) is 0 Å². The average Bonchev–Trinajstić information content (AvgIpc) is 2.83. The van der Waals surface area contributed by atoms with Gasteiger partial charge in [-0.1, -0.05) is 18.2 Å². The van der Waals surface area contributed by atoms with E-state index in [9.17, 15) is 4.79 Å². The molecule has 2 aliphatic rings. The number of hydrogen-bond acceptors (Lipinski definition) is 7. The molecule has 8 heteroatoms. The van der Waals surface area contributed by atoms with Crippen LogP contribution in [0.5, 0.6) is 11.5 Å². The van der Waals surface area contributed by atoms with E-state index in [1.807, 2.05) is 52.0 Å². The number of benzene rings is 2. The number of hydrogen-bond donors (Lipinski definition) is 1. The lowest BCUT2D eigenvalue weighted by molar-refractivity contribution is 0.0210. The lowest BCUT2D eigenvalue weighted by Gasteiger charge is -2.33. The molecule has 3 heterocycles. The van der Waals surface area contributed by atoms with E-state index in [1.54, 1.807) is 4.90 Å². The molecule has 0 saturated carbocycles. The first kappa shape index (κ1) is 23.2. The molecule has 1 N–H and O–H groups in total. The third-order valence-corrected chi connectivity index (χ3v) is 6.24. The van der Waals surface area contributed by atoms with Crippen molar-refractivity contribution in [3.05, 3.63) is 42.1 Å². The van der Waals surface area contributed by atoms with Crippen LogP contribution in [-0.4, -0.2) is 58.9 Å². The zero-order valence-electron chi connectivity index (χ0n) is 20.8. The molecule has 1 saturated heterocycles. The van der Waals surface area contributed by atoms with Crippen molar-refractivity contribution < 1.29 is 19.0 Å². The van der Waals surface area contributed by atoms with Gasteiger partial charge in [0.1, 0.15) is 18.8 Å². The van der Waals surface area contributed by atoms with Gasteiger partial charge in [-0.3, -0.25) is 0 Å². The summed E-state index contributed by atoms with van der Waals surface area (Å²) >= 11 is 0. The molecule has 184 valence electrons. The van der Waals surface area contributed by atoms with Gasteiger partial charge >= 0.3 is 6.09 Å². The molecule has 1 fully saturated rings. The lowest BCUT2D eigenvalue weighted by Crippen LogP contribution is -2.44. The summed E-state index contributed by atoms with van der Waals surface area (Å²) in [6.45, 7) is 10.1. The minimum Gasteiger partial charge on any atom is -0.486 e. The lowest BCUT2D eigenvalue weighted by atomic mass is 10.0. The fraction of sp³-hybridized carbons (Fsp3) is 0.444. The van der Waals surface area contributed by atoms with Gasteiger partial charge in [0.2, 0.25) is 5.95 Å². The van der Waals surface area contributed by atoms with Crippen LogP contribution >= 0.6 is 0 Å². The van der Waals surface area contributed by atoms with E-state index < -0.39 is 5.60 Å². The van der Waals surface area contributed by atoms with Crippen LogP contribution in [0.15, 0.2) is 36.4 Å². The minimum atomic E-state index is -0.483. The number of fused-ring (bicyclic) bond motifs is 2. The van der Waals surface area contributed by atoms with E-state index in [4.69, 9.17) is 24.2 Å². The molecule has 0 unspecified atom stereocenters. The largest absolute Gasteiger partial charge is 0.486 e. The summed E-state index contributed by atoms with van der Waals surface area (Å²) in [5, 5.41) is 4.47. The first-order valence-corrected chi connectivity index (χ1v) is 12.2. The molecule has 0 atom stereocenters. The van der Waals surface area contributed by atoms with Gasteiger partial charge in [0.15, 0.2) is 11.5 Å². The van der Waals surface area contributed by atoms with Crippen molar-refractivity contribution in [3.8, 4) is 22.6 Å². The maximum atomic E-state index is 12.3. The molecule has 1 amide bonds. The molecule has 0 bridgehead atoms. The SMILES string of the molecule is Cc1nc(NC2CCN(C(=O)OC(C)(C)C)CC2)nc2ccc(-c3cccc4c3OCCO4)cc12. The predicted molar refractivity (Wildman–Crippen MR) is 135 cm³/mol. The summed E-state index contributed by atoms with van der Waals surface area (Å²) < 4.78 is 17.1. The van der Waals surface area contributed by atoms with Crippen molar-refractivity contribution in [1.29, 1.82) is 0 Å². The number of rotatable bonds is 3. The van der Waals surface area contributed by atoms with Crippen molar-refractivity contribution in [1.82, 2.24) is 14.9 Å². The summed E-state index contributed by atoms with van der Waals surface area (Å²) in [4.78, 5) is 23.6. The highest BCUT2D eigenvalue weighted by Gasteiger charge is 2.27. The van der Waals surface area contributed by atoms with Crippen LogP contribution in [0, 0.1) is 6.92 Å². The third-order valence-electron chi connectivity index (χ3n) is 6.24. The summed E-state index contributed by atoms with van der Waals surface area (Å²) in [6.07, 6.45) is 1.39. The van der Waals surface area contributed by atoms with Gasteiger partial charge in [0.25, 0.3) is 0 Å². The number of para-hydroxylation sites is 1. The van der Waals surface area contributed by atoms with Crippen LogP contribution in [0.1, 0.15) is 39.3 Å². The monoisotopic (exact) mass is 476 g/mol. The summed E-state index contributed by atoms with van der Waals surface area (Å²) in [7, 11) is 0. The second-order valence-corrected chi connectivity index (χ2v) is 10.1. The van der Waals surface area contributed by atoms with E-state index in [0.29, 0.717) is 32.3 Å². The zero-order chi connectivity index (χ0) is 24.6. The number of nitrogens with zero attached hydrogens (tertiary/aromatic N) is 3. The molecule has 0 spiro atoms. The maximum absolute atomic E-state index is 12.3. The van der Waals surface area contributed by atoms with Gasteiger partial charge in [-0.25, -0.2) is 14.8 Å². The average molecular weight is 477 g/mol. The number of nitrogens with one attached hydrogen (secondary N) is 1. The smallest absolute Gasteiger partial charge is 0.410 e. The summed E-state index contributed by atoms with van der Waals surface area (Å²) in [6, 6.07) is 12.4. The van der Waals surface area contributed by atoms with Gasteiger partial charge in [-0.2, -0.15) is 0 Å². The third kappa shape index (κ3) is 5.11. The normalized spacial score (nSPS) is 16.3. The maximum Gasteiger partial charge on any atom is 0.410 e. The number of carbonyl (C=O) groups excluding carboxylic acids is 1. The number of aryl methyl sites for hydroxylation is 1. The Balaban J connectivity index is 1.30. The highest BCUT2D eigenvalue weighted by molar-refractivity contribution is 5.88. The van der Waals surface area contributed by atoms with Crippen molar-refractivity contribution in [2.24, 2.45) is 0 Å². The predicted octanol–water partition coefficient (Wildman–Crippen LogP) is 5.19. The van der Waals surface area contributed by atoms with Crippen molar-refractivity contribution in [2.75, 3.05) is 31.6 Å². The molecule has 0 aliphatic carbocycles. The molecular formula is C27H32N4O4. The van der Waals surface area contributed by atoms with Crippen molar-refractivity contribution in [2.45, 2.75) is 52.2 Å². The van der Waals surface area contributed by atoms with E-state index >= 15 is 0 Å². The van der Waals surface area contributed by atoms with Gasteiger partial charge in [-0.15, -0.1) is 0 Å². The summed E-state index contributed by atoms with van der Waals surface area (Å²) in [5.74, 6) is 2.18. The summed E-state index contributed by atoms with van der Waals surface area (Å²) in [5.41, 5.74) is 3.36. The first-order chi connectivity index (χ1) is 16.8. The van der Waals surface area contributed by atoms with Crippen LogP contribution < -0.4 is 14.8 Å². The molecular weight excluding hydrogens is 444 g/mol. The Morgan fingerprint density at radius 3 is 2.63 bits per heavy atom. The van der Waals surface area contributed by atoms with E-state index in [-0.39, 0.29) is 12.1 Å². The zero-order valence-corrected chi connectivity index (χ0v) is 20.8. The van der Waals surface area contributed by atoms with E-state index in [2.05, 4.69) is 17.4 Å². The van der Waals surface area contributed by atoms with E-state index in [1.165, 1.54) is 0 Å². The first-order valence-electron chi connectivity index (χ1n) is 12.2. The second kappa shape index (κ2) is 9.24. The molecule has 35 heavy (non-hydrogen) atoms. The molecule has 3 aromatic rings. The molecule has 8 nitrogen and oxygen atoms in total. The van der Waals surface area contributed by atoms with Crippen LogP contribution in [0.25, 0.3) is 22.0 Å². The number of aromatic nitrogens is 2. The molecule has 0 radical (unpaired) electrons. The number of anilines is 1. The van der Waals surface area contributed by atoms with Crippen LogP contribution in [0.4, 0.5) is 10.7 Å². The molecule has 5 rings (SSSR count). The Bertz CT molecular complexity index is 1250. The fourth-order valence-electron chi connectivity index (χ4n) is 4.53. The van der Waals surface area contributed by atoms with Crippen LogP contribution in [0.3, 0.4) is 0 Å². The van der Waals surface area contributed by atoms with Gasteiger partial charge in [-0.05, 0) is 64.3 Å². The number of piperidine rings is 1. The van der Waals surface area contributed by atoms with Crippen LogP contribution in [-0.2, 0) is 4.74 Å². The minimum absolute atomic E-state index is 0.206. The Labute approximate surface area is 205 Å². The fourth-order valence-corrected chi connectivity index (χ4v) is 4.53. The Morgan fingerprint density at radius 2 is 1.86 bits per heavy atom. The van der Waals surface area contributed by atoms with Gasteiger partial charge < -0.3 is 24.4 Å². The molecule has 2 aliphatic heterocycles. The number of amides is 1. The topological polar surface area (TPSA) is 85.8 Å².